The zero-order valence-electron chi connectivity index (χ0n) is 11.0. The molecule has 0 amide bonds. The molecule has 100 valence electrons. The Labute approximate surface area is 118 Å². The first-order valence-electron chi connectivity index (χ1n) is 6.62. The van der Waals surface area contributed by atoms with E-state index in [1.54, 1.807) is 0 Å². The summed E-state index contributed by atoms with van der Waals surface area (Å²) in [6.07, 6.45) is 6.25. The lowest BCUT2D eigenvalue weighted by molar-refractivity contribution is -0.134. The number of hydrogen-bond acceptors (Lipinski definition) is 2. The van der Waals surface area contributed by atoms with Crippen molar-refractivity contribution in [3.63, 3.8) is 0 Å². The van der Waals surface area contributed by atoms with Crippen LogP contribution in [0, 0.1) is 0 Å². The van der Waals surface area contributed by atoms with Crippen molar-refractivity contribution in [2.75, 3.05) is 0 Å². The normalized spacial score (nSPS) is 10.3. The van der Waals surface area contributed by atoms with E-state index in [0.29, 0.717) is 12.2 Å². The Morgan fingerprint density at radius 1 is 1.11 bits per heavy atom. The van der Waals surface area contributed by atoms with Crippen LogP contribution in [0.25, 0.3) is 0 Å². The van der Waals surface area contributed by atoms with E-state index in [1.165, 1.54) is 24.8 Å². The summed E-state index contributed by atoms with van der Waals surface area (Å²) in [5, 5.41) is 0.818. The number of carbonyl (C=O) groups is 1. The molecule has 1 rings (SSSR count). The molecular weight excluding hydrogens is 292 g/mol. The summed E-state index contributed by atoms with van der Waals surface area (Å²) < 4.78 is 5.27. The summed E-state index contributed by atoms with van der Waals surface area (Å²) in [4.78, 5) is 11.6. The van der Waals surface area contributed by atoms with Gasteiger partial charge in [0.1, 0.15) is 5.75 Å². The molecule has 0 radical (unpaired) electrons. The van der Waals surface area contributed by atoms with E-state index in [1.807, 2.05) is 24.3 Å². The molecule has 0 saturated carbocycles. The van der Waals surface area contributed by atoms with Crippen LogP contribution >= 0.6 is 15.9 Å². The molecule has 0 saturated heterocycles. The zero-order valence-corrected chi connectivity index (χ0v) is 12.5. The molecule has 0 spiro atoms. The third-order valence-corrected chi connectivity index (χ3v) is 3.44. The number of rotatable bonds is 8. The number of halogens is 1. The minimum absolute atomic E-state index is 0.127. The standard InChI is InChI=1S/C15H21BrO2/c1-2-3-4-5-6-7-15(17)18-14-10-8-13(12-16)9-11-14/h8-11H,2-7,12H2,1H3. The summed E-state index contributed by atoms with van der Waals surface area (Å²) in [6, 6.07) is 7.59. The van der Waals surface area contributed by atoms with Gasteiger partial charge in [-0.1, -0.05) is 60.7 Å². The van der Waals surface area contributed by atoms with Crippen molar-refractivity contribution >= 4 is 21.9 Å². The number of ether oxygens (including phenoxy) is 1. The maximum absolute atomic E-state index is 11.6. The highest BCUT2D eigenvalue weighted by molar-refractivity contribution is 9.08. The van der Waals surface area contributed by atoms with Crippen molar-refractivity contribution in [3.05, 3.63) is 29.8 Å². The molecule has 0 heterocycles. The molecule has 0 bridgehead atoms. The van der Waals surface area contributed by atoms with Gasteiger partial charge in [0.05, 0.1) is 0 Å². The van der Waals surface area contributed by atoms with Crippen molar-refractivity contribution in [1.82, 2.24) is 0 Å². The lowest BCUT2D eigenvalue weighted by atomic mass is 10.1. The van der Waals surface area contributed by atoms with E-state index < -0.39 is 0 Å². The van der Waals surface area contributed by atoms with E-state index in [9.17, 15) is 4.79 Å². The van der Waals surface area contributed by atoms with Gasteiger partial charge in [-0.15, -0.1) is 0 Å². The van der Waals surface area contributed by atoms with Gasteiger partial charge in [-0.2, -0.15) is 0 Å². The fraction of sp³-hybridized carbons (Fsp3) is 0.533. The van der Waals surface area contributed by atoms with Crippen LogP contribution in [0.2, 0.25) is 0 Å². The fourth-order valence-corrected chi connectivity index (χ4v) is 2.08. The Bertz CT molecular complexity index is 346. The molecule has 0 aliphatic heterocycles. The fourth-order valence-electron chi connectivity index (χ4n) is 1.70. The van der Waals surface area contributed by atoms with Crippen molar-refractivity contribution in [3.8, 4) is 5.75 Å². The minimum Gasteiger partial charge on any atom is -0.427 e. The first-order chi connectivity index (χ1) is 8.76. The van der Waals surface area contributed by atoms with Crippen LogP contribution in [0.5, 0.6) is 5.75 Å². The summed E-state index contributed by atoms with van der Waals surface area (Å²) in [5.41, 5.74) is 1.18. The number of alkyl halides is 1. The Kier molecular flexibility index (Phi) is 7.74. The number of unbranched alkanes of at least 4 members (excludes halogenated alkanes) is 4. The number of benzene rings is 1. The summed E-state index contributed by atoms with van der Waals surface area (Å²) in [7, 11) is 0. The Balaban J connectivity index is 2.22. The van der Waals surface area contributed by atoms with Crippen LogP contribution in [-0.2, 0) is 10.1 Å². The van der Waals surface area contributed by atoms with Gasteiger partial charge in [-0.3, -0.25) is 4.79 Å². The van der Waals surface area contributed by atoms with Crippen molar-refractivity contribution in [2.45, 2.75) is 50.8 Å². The molecule has 1 aromatic rings. The summed E-state index contributed by atoms with van der Waals surface area (Å²) in [5.74, 6) is 0.511. The van der Waals surface area contributed by atoms with Gasteiger partial charge in [-0.05, 0) is 24.1 Å². The molecule has 0 fully saturated rings. The van der Waals surface area contributed by atoms with Gasteiger partial charge in [0.25, 0.3) is 0 Å². The van der Waals surface area contributed by atoms with Gasteiger partial charge < -0.3 is 4.74 Å². The highest BCUT2D eigenvalue weighted by Gasteiger charge is 2.04. The molecule has 3 heteroatoms. The van der Waals surface area contributed by atoms with Crippen LogP contribution in [0.15, 0.2) is 24.3 Å². The third kappa shape index (κ3) is 6.20. The van der Waals surface area contributed by atoms with Gasteiger partial charge in [0.15, 0.2) is 0 Å². The molecule has 1 aromatic carbocycles. The van der Waals surface area contributed by atoms with Crippen LogP contribution < -0.4 is 4.74 Å². The molecule has 0 aliphatic rings. The monoisotopic (exact) mass is 312 g/mol. The van der Waals surface area contributed by atoms with Crippen molar-refractivity contribution in [1.29, 1.82) is 0 Å². The Hall–Kier alpha value is -0.830. The molecule has 0 N–H and O–H groups in total. The summed E-state index contributed by atoms with van der Waals surface area (Å²) in [6.45, 7) is 2.19. The Morgan fingerprint density at radius 2 is 1.78 bits per heavy atom. The molecule has 18 heavy (non-hydrogen) atoms. The molecule has 0 aliphatic carbocycles. The van der Waals surface area contributed by atoms with Crippen LogP contribution in [0.1, 0.15) is 51.0 Å². The van der Waals surface area contributed by atoms with Gasteiger partial charge in [0, 0.05) is 11.8 Å². The molecular formula is C15H21BrO2. The number of esters is 1. The van der Waals surface area contributed by atoms with Crippen LogP contribution in [0.4, 0.5) is 0 Å². The van der Waals surface area contributed by atoms with Crippen molar-refractivity contribution in [2.24, 2.45) is 0 Å². The predicted molar refractivity (Wildman–Crippen MR) is 78.1 cm³/mol. The highest BCUT2D eigenvalue weighted by Crippen LogP contribution is 2.15. The van der Waals surface area contributed by atoms with Gasteiger partial charge >= 0.3 is 5.97 Å². The molecule has 0 atom stereocenters. The maximum atomic E-state index is 11.6. The second-order valence-electron chi connectivity index (χ2n) is 4.42. The quantitative estimate of drug-likeness (QED) is 0.297. The van der Waals surface area contributed by atoms with Gasteiger partial charge in [0.2, 0.25) is 0 Å². The second-order valence-corrected chi connectivity index (χ2v) is 4.98. The smallest absolute Gasteiger partial charge is 0.311 e. The Morgan fingerprint density at radius 3 is 2.39 bits per heavy atom. The second kappa shape index (κ2) is 9.15. The molecule has 2 nitrogen and oxygen atoms in total. The number of hydrogen-bond donors (Lipinski definition) is 0. The van der Waals surface area contributed by atoms with Crippen molar-refractivity contribution < 1.29 is 9.53 Å². The largest absolute Gasteiger partial charge is 0.427 e. The SMILES string of the molecule is CCCCCCCC(=O)Oc1ccc(CBr)cc1. The average Bonchev–Trinajstić information content (AvgIpc) is 2.39. The average molecular weight is 313 g/mol. The van der Waals surface area contributed by atoms with E-state index >= 15 is 0 Å². The zero-order chi connectivity index (χ0) is 13.2. The minimum atomic E-state index is -0.127. The highest BCUT2D eigenvalue weighted by atomic mass is 79.9. The topological polar surface area (TPSA) is 26.3 Å². The third-order valence-electron chi connectivity index (χ3n) is 2.79. The van der Waals surface area contributed by atoms with Gasteiger partial charge in [-0.25, -0.2) is 0 Å². The van der Waals surface area contributed by atoms with Crippen LogP contribution in [0.3, 0.4) is 0 Å². The maximum Gasteiger partial charge on any atom is 0.311 e. The van der Waals surface area contributed by atoms with E-state index in [-0.39, 0.29) is 5.97 Å². The lowest BCUT2D eigenvalue weighted by Gasteiger charge is -2.05. The first kappa shape index (κ1) is 15.2. The predicted octanol–water partition coefficient (Wildman–Crippen LogP) is 4.85. The van der Waals surface area contributed by atoms with E-state index in [4.69, 9.17) is 4.74 Å². The van der Waals surface area contributed by atoms with E-state index in [2.05, 4.69) is 22.9 Å². The summed E-state index contributed by atoms with van der Waals surface area (Å²) >= 11 is 3.38. The molecule has 0 unspecified atom stereocenters. The number of carbonyl (C=O) groups excluding carboxylic acids is 1. The van der Waals surface area contributed by atoms with Crippen LogP contribution in [-0.4, -0.2) is 5.97 Å². The van der Waals surface area contributed by atoms with E-state index in [0.717, 1.165) is 18.2 Å². The molecule has 0 aromatic heterocycles. The lowest BCUT2D eigenvalue weighted by Crippen LogP contribution is -2.07. The first-order valence-corrected chi connectivity index (χ1v) is 7.74.